The number of benzene rings is 2. The van der Waals surface area contributed by atoms with Crippen molar-refractivity contribution in [1.29, 1.82) is 0 Å². The van der Waals surface area contributed by atoms with Gasteiger partial charge in [0, 0.05) is 31.6 Å². The molecule has 15 heteroatoms. The lowest BCUT2D eigenvalue weighted by molar-refractivity contribution is -0.143. The minimum absolute atomic E-state index is 0.0865. The monoisotopic (exact) mass is 631 g/mol. The highest BCUT2D eigenvalue weighted by Crippen LogP contribution is 2.37. The normalized spacial score (nSPS) is 20.4. The Morgan fingerprint density at radius 1 is 0.837 bits per heavy atom. The predicted octanol–water partition coefficient (Wildman–Crippen LogP) is 5.70. The van der Waals surface area contributed by atoms with Crippen molar-refractivity contribution in [2.75, 3.05) is 49.6 Å². The summed E-state index contributed by atoms with van der Waals surface area (Å²) in [5.74, 6) is 1.50. The number of morpholine rings is 1. The third-order valence-corrected chi connectivity index (χ3v) is 9.25. The van der Waals surface area contributed by atoms with Crippen LogP contribution in [0.25, 0.3) is 10.9 Å². The van der Waals surface area contributed by atoms with Crippen molar-refractivity contribution in [1.82, 2.24) is 14.7 Å². The van der Waals surface area contributed by atoms with Crippen molar-refractivity contribution in [3.8, 4) is 0 Å². The molecule has 234 valence electrons. The standard InChI is InChI=1S/C28H31F6N5O3S/c29-27(30,31)20-13-21(28(32,33)34)15-22(14-20)43(40,41)36-17-19-7-5-18(6-8-19)16-35-26-37-24-4-2-1-3-23(24)25(38-26)39-9-11-42-12-10-39/h1-4,13-15,18-19,36H,5-12,16-17H2,(H,35,37,38)/t18-,19-. The molecule has 1 aliphatic heterocycles. The zero-order valence-corrected chi connectivity index (χ0v) is 23.8. The summed E-state index contributed by atoms with van der Waals surface area (Å²) >= 11 is 0. The van der Waals surface area contributed by atoms with Crippen LogP contribution in [0.15, 0.2) is 47.4 Å². The van der Waals surface area contributed by atoms with Gasteiger partial charge >= 0.3 is 12.4 Å². The summed E-state index contributed by atoms with van der Waals surface area (Å²) in [6, 6.07) is 8.13. The summed E-state index contributed by atoms with van der Waals surface area (Å²) in [4.78, 5) is 10.5. The maximum Gasteiger partial charge on any atom is 0.416 e. The molecule has 0 unspecified atom stereocenters. The highest BCUT2D eigenvalue weighted by molar-refractivity contribution is 7.89. The van der Waals surface area contributed by atoms with Crippen LogP contribution in [0.2, 0.25) is 0 Å². The number of hydrogen-bond donors (Lipinski definition) is 2. The SMILES string of the molecule is O=S(=O)(NC[C@H]1CC[C@H](CNc2nc(N3CCOCC3)c3ccccc3n2)CC1)c1cc(C(F)(F)F)cc(C(F)(F)F)c1. The molecule has 3 aromatic rings. The Kier molecular flexibility index (Phi) is 9.05. The van der Waals surface area contributed by atoms with Gasteiger partial charge in [0.05, 0.1) is 34.8 Å². The van der Waals surface area contributed by atoms with Gasteiger partial charge < -0.3 is 15.0 Å². The minimum Gasteiger partial charge on any atom is -0.378 e. The van der Waals surface area contributed by atoms with E-state index in [1.807, 2.05) is 24.3 Å². The van der Waals surface area contributed by atoms with Crippen LogP contribution in [0.4, 0.5) is 38.1 Å². The molecule has 2 fully saturated rings. The lowest BCUT2D eigenvalue weighted by Gasteiger charge is -2.30. The molecule has 2 heterocycles. The molecule has 2 N–H and O–H groups in total. The number of para-hydroxylation sites is 1. The number of fused-ring (bicyclic) bond motifs is 1. The fourth-order valence-corrected chi connectivity index (χ4v) is 6.61. The van der Waals surface area contributed by atoms with Crippen LogP contribution in [-0.2, 0) is 27.1 Å². The smallest absolute Gasteiger partial charge is 0.378 e. The second-order valence-electron chi connectivity index (χ2n) is 10.8. The summed E-state index contributed by atoms with van der Waals surface area (Å²) in [6.07, 6.45) is -7.48. The fourth-order valence-electron chi connectivity index (χ4n) is 5.42. The highest BCUT2D eigenvalue weighted by Gasteiger charge is 2.38. The number of nitrogens with one attached hydrogen (secondary N) is 2. The summed E-state index contributed by atoms with van der Waals surface area (Å²) in [6.45, 7) is 3.21. The first-order chi connectivity index (χ1) is 20.3. The van der Waals surface area contributed by atoms with Crippen LogP contribution in [0.3, 0.4) is 0 Å². The van der Waals surface area contributed by atoms with Gasteiger partial charge in [-0.1, -0.05) is 12.1 Å². The van der Waals surface area contributed by atoms with Crippen molar-refractivity contribution in [2.45, 2.75) is 42.9 Å². The molecule has 0 bridgehead atoms. The molecule has 1 saturated heterocycles. The average Bonchev–Trinajstić information content (AvgIpc) is 2.98. The molecule has 2 aliphatic rings. The molecule has 0 amide bonds. The Morgan fingerprint density at radius 3 is 2.02 bits per heavy atom. The van der Waals surface area contributed by atoms with Gasteiger partial charge in [-0.3, -0.25) is 0 Å². The molecule has 0 atom stereocenters. The third kappa shape index (κ3) is 7.68. The number of alkyl halides is 6. The molecule has 0 spiro atoms. The van der Waals surface area contributed by atoms with E-state index in [-0.39, 0.29) is 36.6 Å². The Labute approximate surface area is 244 Å². The predicted molar refractivity (Wildman–Crippen MR) is 148 cm³/mol. The van der Waals surface area contributed by atoms with Crippen molar-refractivity contribution in [3.05, 3.63) is 53.6 Å². The van der Waals surface area contributed by atoms with E-state index in [1.165, 1.54) is 0 Å². The van der Waals surface area contributed by atoms with E-state index < -0.39 is 38.4 Å². The van der Waals surface area contributed by atoms with E-state index in [2.05, 4.69) is 19.9 Å². The first-order valence-electron chi connectivity index (χ1n) is 13.9. The van der Waals surface area contributed by atoms with Crippen molar-refractivity contribution in [3.63, 3.8) is 0 Å². The second kappa shape index (κ2) is 12.4. The van der Waals surface area contributed by atoms with Gasteiger partial charge in [-0.25, -0.2) is 18.1 Å². The van der Waals surface area contributed by atoms with Gasteiger partial charge in [-0.05, 0) is 67.9 Å². The van der Waals surface area contributed by atoms with E-state index >= 15 is 0 Å². The van der Waals surface area contributed by atoms with Gasteiger partial charge in [0.2, 0.25) is 16.0 Å². The first-order valence-corrected chi connectivity index (χ1v) is 15.4. The molecule has 0 radical (unpaired) electrons. The summed E-state index contributed by atoms with van der Waals surface area (Å²) in [5, 5.41) is 4.29. The number of aromatic nitrogens is 2. The molecular formula is C28H31F6N5O3S. The van der Waals surface area contributed by atoms with Gasteiger partial charge in [-0.15, -0.1) is 0 Å². The maximum absolute atomic E-state index is 13.2. The van der Waals surface area contributed by atoms with Gasteiger partial charge in [0.1, 0.15) is 5.82 Å². The summed E-state index contributed by atoms with van der Waals surface area (Å²) in [7, 11) is -4.61. The zero-order valence-electron chi connectivity index (χ0n) is 23.0. The first kappa shape index (κ1) is 31.3. The van der Waals surface area contributed by atoms with Crippen molar-refractivity contribution in [2.24, 2.45) is 11.8 Å². The molecule has 1 aromatic heterocycles. The van der Waals surface area contributed by atoms with E-state index in [4.69, 9.17) is 9.72 Å². The van der Waals surface area contributed by atoms with Gasteiger partial charge in [0.15, 0.2) is 0 Å². The van der Waals surface area contributed by atoms with Gasteiger partial charge in [0.25, 0.3) is 0 Å². The second-order valence-corrected chi connectivity index (χ2v) is 12.6. The van der Waals surface area contributed by atoms with Crippen molar-refractivity contribution >= 4 is 32.7 Å². The van der Waals surface area contributed by atoms with Crippen LogP contribution in [0.5, 0.6) is 0 Å². The topological polar surface area (TPSA) is 96.5 Å². The lowest BCUT2D eigenvalue weighted by Crippen LogP contribution is -2.37. The Balaban J connectivity index is 1.17. The Morgan fingerprint density at radius 2 is 1.42 bits per heavy atom. The lowest BCUT2D eigenvalue weighted by atomic mass is 9.82. The molecule has 1 saturated carbocycles. The Bertz CT molecular complexity index is 1500. The molecule has 43 heavy (non-hydrogen) atoms. The summed E-state index contributed by atoms with van der Waals surface area (Å²) in [5.41, 5.74) is -2.54. The number of ether oxygens (including phenoxy) is 1. The quantitative estimate of drug-likeness (QED) is 0.308. The van der Waals surface area contributed by atoms with E-state index in [0.717, 1.165) is 42.7 Å². The number of anilines is 2. The number of nitrogens with zero attached hydrogens (tertiary/aromatic N) is 3. The largest absolute Gasteiger partial charge is 0.416 e. The molecule has 8 nitrogen and oxygen atoms in total. The van der Waals surface area contributed by atoms with E-state index in [0.29, 0.717) is 38.5 Å². The average molecular weight is 632 g/mol. The number of sulfonamides is 1. The maximum atomic E-state index is 13.2. The number of hydrogen-bond acceptors (Lipinski definition) is 7. The van der Waals surface area contributed by atoms with Crippen LogP contribution < -0.4 is 14.9 Å². The van der Waals surface area contributed by atoms with Gasteiger partial charge in [-0.2, -0.15) is 31.3 Å². The zero-order chi connectivity index (χ0) is 30.8. The minimum atomic E-state index is -5.14. The molecule has 1 aliphatic carbocycles. The number of halogens is 6. The van der Waals surface area contributed by atoms with Crippen molar-refractivity contribution < 1.29 is 39.5 Å². The van der Waals surface area contributed by atoms with E-state index in [9.17, 15) is 34.8 Å². The van der Waals surface area contributed by atoms with E-state index in [1.54, 1.807) is 0 Å². The summed E-state index contributed by atoms with van der Waals surface area (Å²) < 4.78 is 112. The van der Waals surface area contributed by atoms with Crippen LogP contribution in [-0.4, -0.2) is 57.8 Å². The Hall–Kier alpha value is -3.17. The van der Waals surface area contributed by atoms with Crippen LogP contribution >= 0.6 is 0 Å². The van der Waals surface area contributed by atoms with Crippen LogP contribution in [0, 0.1) is 11.8 Å². The molecule has 2 aromatic carbocycles. The molecule has 5 rings (SSSR count). The number of rotatable bonds is 8. The third-order valence-electron chi connectivity index (χ3n) is 7.84. The van der Waals surface area contributed by atoms with Crippen LogP contribution in [0.1, 0.15) is 36.8 Å². The fraction of sp³-hybridized carbons (Fsp3) is 0.500. The highest BCUT2D eigenvalue weighted by atomic mass is 32.2. The molecular weight excluding hydrogens is 600 g/mol.